The zero-order valence-electron chi connectivity index (χ0n) is 11.1. The molecule has 1 aromatic carbocycles. The zero-order valence-corrected chi connectivity index (χ0v) is 14.3. The fraction of sp³-hybridized carbons (Fsp3) is 0.133. The van der Waals surface area contributed by atoms with Crippen molar-refractivity contribution in [3.63, 3.8) is 0 Å². The molecule has 0 atom stereocenters. The summed E-state index contributed by atoms with van der Waals surface area (Å²) in [6.45, 7) is 0.429. The van der Waals surface area contributed by atoms with Gasteiger partial charge in [0.15, 0.2) is 10.6 Å². The third kappa shape index (κ3) is 2.97. The first kappa shape index (κ1) is 14.6. The number of hydrogen-bond acceptors (Lipinski definition) is 5. The molecule has 0 unspecified atom stereocenters. The Morgan fingerprint density at radius 2 is 2.14 bits per heavy atom. The number of rotatable bonds is 4. The molecule has 0 saturated carbocycles. The number of halogens is 1. The second-order valence-corrected chi connectivity index (χ2v) is 7.18. The van der Waals surface area contributed by atoms with Gasteiger partial charge in [-0.2, -0.15) is 0 Å². The van der Waals surface area contributed by atoms with Crippen molar-refractivity contribution in [1.82, 2.24) is 0 Å². The Labute approximate surface area is 138 Å². The minimum atomic E-state index is -0.378. The molecular formula is C15H11BrO3S2. The summed E-state index contributed by atoms with van der Waals surface area (Å²) in [5.74, 6) is 0.168. The second-order valence-electron chi connectivity index (χ2n) is 4.27. The largest absolute Gasteiger partial charge is 0.485 e. The summed E-state index contributed by atoms with van der Waals surface area (Å²) < 4.78 is 12.6. The van der Waals surface area contributed by atoms with E-state index in [2.05, 4.69) is 34.1 Å². The van der Waals surface area contributed by atoms with Crippen molar-refractivity contribution in [3.05, 3.63) is 49.9 Å². The van der Waals surface area contributed by atoms with Gasteiger partial charge in [0.1, 0.15) is 6.61 Å². The van der Waals surface area contributed by atoms with E-state index < -0.39 is 0 Å². The summed E-state index contributed by atoms with van der Waals surface area (Å²) >= 11 is 6.40. The van der Waals surface area contributed by atoms with E-state index >= 15 is 0 Å². The van der Waals surface area contributed by atoms with Crippen molar-refractivity contribution >= 4 is 54.7 Å². The number of hydrogen-bond donors (Lipinski definition) is 0. The molecule has 0 amide bonds. The first-order valence-electron chi connectivity index (χ1n) is 6.14. The van der Waals surface area contributed by atoms with Gasteiger partial charge in [0.2, 0.25) is 0 Å². The van der Waals surface area contributed by atoms with Gasteiger partial charge in [0.05, 0.1) is 11.6 Å². The van der Waals surface area contributed by atoms with E-state index in [1.807, 2.05) is 17.5 Å². The van der Waals surface area contributed by atoms with Gasteiger partial charge in [-0.1, -0.05) is 18.2 Å². The highest BCUT2D eigenvalue weighted by Gasteiger charge is 2.19. The number of methoxy groups -OCH3 is 1. The van der Waals surface area contributed by atoms with Crippen LogP contribution in [0.3, 0.4) is 0 Å². The van der Waals surface area contributed by atoms with Gasteiger partial charge in [0.25, 0.3) is 0 Å². The SMILES string of the molecule is COC(=O)c1scc(Br)c1OCc1cc2ccccc2s1. The lowest BCUT2D eigenvalue weighted by atomic mass is 10.2. The topological polar surface area (TPSA) is 35.5 Å². The molecule has 0 radical (unpaired) electrons. The van der Waals surface area contributed by atoms with Crippen LogP contribution < -0.4 is 4.74 Å². The van der Waals surface area contributed by atoms with Gasteiger partial charge in [-0.25, -0.2) is 4.79 Å². The van der Waals surface area contributed by atoms with Crippen LogP contribution in [0.5, 0.6) is 5.75 Å². The van der Waals surface area contributed by atoms with Crippen LogP contribution >= 0.6 is 38.6 Å². The third-order valence-electron chi connectivity index (χ3n) is 2.91. The fourth-order valence-electron chi connectivity index (χ4n) is 1.95. The van der Waals surface area contributed by atoms with E-state index in [4.69, 9.17) is 9.47 Å². The minimum Gasteiger partial charge on any atom is -0.485 e. The van der Waals surface area contributed by atoms with Gasteiger partial charge in [0, 0.05) is 15.0 Å². The van der Waals surface area contributed by atoms with Crippen LogP contribution in [0.2, 0.25) is 0 Å². The van der Waals surface area contributed by atoms with Crippen LogP contribution in [0, 0.1) is 0 Å². The molecule has 6 heteroatoms. The van der Waals surface area contributed by atoms with E-state index in [0.717, 1.165) is 9.35 Å². The average molecular weight is 383 g/mol. The molecule has 21 heavy (non-hydrogen) atoms. The molecule has 0 aliphatic carbocycles. The Bertz CT molecular complexity index is 758. The molecule has 0 spiro atoms. The maximum atomic E-state index is 11.7. The monoisotopic (exact) mass is 382 g/mol. The molecular weight excluding hydrogens is 372 g/mol. The summed E-state index contributed by atoms with van der Waals surface area (Å²) in [6, 6.07) is 10.3. The molecule has 3 rings (SSSR count). The van der Waals surface area contributed by atoms with Gasteiger partial charge >= 0.3 is 5.97 Å². The number of fused-ring (bicyclic) bond motifs is 1. The molecule has 0 aliphatic heterocycles. The maximum absolute atomic E-state index is 11.7. The molecule has 0 fully saturated rings. The molecule has 2 heterocycles. The number of thiophene rings is 2. The Hall–Kier alpha value is -1.37. The quantitative estimate of drug-likeness (QED) is 0.589. The summed E-state index contributed by atoms with van der Waals surface area (Å²) in [4.78, 5) is 13.3. The van der Waals surface area contributed by atoms with Crippen molar-refractivity contribution in [3.8, 4) is 5.75 Å². The smallest absolute Gasteiger partial charge is 0.351 e. The van der Waals surface area contributed by atoms with E-state index in [-0.39, 0.29) is 5.97 Å². The van der Waals surface area contributed by atoms with Crippen LogP contribution in [-0.4, -0.2) is 13.1 Å². The number of benzene rings is 1. The Balaban J connectivity index is 1.81. The van der Waals surface area contributed by atoms with Crippen LogP contribution in [-0.2, 0) is 11.3 Å². The Morgan fingerprint density at radius 3 is 2.90 bits per heavy atom. The highest BCUT2D eigenvalue weighted by atomic mass is 79.9. The standard InChI is InChI=1S/C15H11BrO3S2/c1-18-15(17)14-13(11(16)8-20-14)19-7-10-6-9-4-2-3-5-12(9)21-10/h2-6,8H,7H2,1H3. The van der Waals surface area contributed by atoms with Crippen LogP contribution in [0.25, 0.3) is 10.1 Å². The zero-order chi connectivity index (χ0) is 14.8. The second kappa shape index (κ2) is 6.17. The highest BCUT2D eigenvalue weighted by molar-refractivity contribution is 9.10. The predicted molar refractivity (Wildman–Crippen MR) is 89.5 cm³/mol. The lowest BCUT2D eigenvalue weighted by Crippen LogP contribution is -2.02. The van der Waals surface area contributed by atoms with E-state index in [9.17, 15) is 4.79 Å². The Morgan fingerprint density at radius 1 is 1.33 bits per heavy atom. The predicted octanol–water partition coefficient (Wildman–Crippen LogP) is 5.09. The first-order chi connectivity index (χ1) is 10.2. The van der Waals surface area contributed by atoms with E-state index in [1.54, 1.807) is 11.3 Å². The van der Waals surface area contributed by atoms with Gasteiger partial charge in [-0.05, 0) is 33.4 Å². The molecule has 3 nitrogen and oxygen atoms in total. The van der Waals surface area contributed by atoms with Crippen molar-refractivity contribution in [2.75, 3.05) is 7.11 Å². The van der Waals surface area contributed by atoms with Crippen molar-refractivity contribution in [2.45, 2.75) is 6.61 Å². The number of ether oxygens (including phenoxy) is 2. The molecule has 0 bridgehead atoms. The van der Waals surface area contributed by atoms with Crippen LogP contribution in [0.4, 0.5) is 0 Å². The minimum absolute atomic E-state index is 0.378. The molecule has 0 N–H and O–H groups in total. The molecule has 108 valence electrons. The molecule has 3 aromatic rings. The normalized spacial score (nSPS) is 10.8. The maximum Gasteiger partial charge on any atom is 0.351 e. The van der Waals surface area contributed by atoms with E-state index in [1.165, 1.54) is 28.5 Å². The number of esters is 1. The first-order valence-corrected chi connectivity index (χ1v) is 8.63. The van der Waals surface area contributed by atoms with Crippen molar-refractivity contribution < 1.29 is 14.3 Å². The lowest BCUT2D eigenvalue weighted by molar-refractivity contribution is 0.0601. The molecule has 0 saturated heterocycles. The average Bonchev–Trinajstić information content (AvgIpc) is 3.07. The van der Waals surface area contributed by atoms with Gasteiger partial charge < -0.3 is 9.47 Å². The summed E-state index contributed by atoms with van der Waals surface area (Å²) in [5.41, 5.74) is 0. The molecule has 0 aliphatic rings. The third-order valence-corrected chi connectivity index (χ3v) is 5.83. The fourth-order valence-corrected chi connectivity index (χ4v) is 4.43. The summed E-state index contributed by atoms with van der Waals surface area (Å²) in [5, 5.41) is 3.03. The lowest BCUT2D eigenvalue weighted by Gasteiger charge is -2.05. The molecule has 2 aromatic heterocycles. The van der Waals surface area contributed by atoms with Gasteiger partial charge in [-0.3, -0.25) is 0 Å². The van der Waals surface area contributed by atoms with Crippen molar-refractivity contribution in [2.24, 2.45) is 0 Å². The number of carbonyl (C=O) groups excluding carboxylic acids is 1. The highest BCUT2D eigenvalue weighted by Crippen LogP contribution is 2.36. The van der Waals surface area contributed by atoms with Gasteiger partial charge in [-0.15, -0.1) is 22.7 Å². The summed E-state index contributed by atoms with van der Waals surface area (Å²) in [6.07, 6.45) is 0. The van der Waals surface area contributed by atoms with E-state index in [0.29, 0.717) is 17.2 Å². The van der Waals surface area contributed by atoms with Crippen LogP contribution in [0.15, 0.2) is 40.2 Å². The Kier molecular flexibility index (Phi) is 4.28. The number of carbonyl (C=O) groups is 1. The summed E-state index contributed by atoms with van der Waals surface area (Å²) in [7, 11) is 1.37. The van der Waals surface area contributed by atoms with Crippen molar-refractivity contribution in [1.29, 1.82) is 0 Å². The van der Waals surface area contributed by atoms with Crippen LogP contribution in [0.1, 0.15) is 14.5 Å².